The first-order valence-corrected chi connectivity index (χ1v) is 23.1. The number of primary amides is 2. The van der Waals surface area contributed by atoms with E-state index in [4.69, 9.17) is 35.9 Å². The van der Waals surface area contributed by atoms with Crippen LogP contribution in [0.25, 0.3) is 67.1 Å². The summed E-state index contributed by atoms with van der Waals surface area (Å²) in [5.74, 6) is -6.96. The molecule has 23 heteroatoms. The lowest BCUT2D eigenvalue weighted by molar-refractivity contribution is 0.0139. The Balaban J connectivity index is 0.688. The first-order valence-electron chi connectivity index (χ1n) is 23.1. The predicted octanol–water partition coefficient (Wildman–Crippen LogP) is 5.76. The number of ether oxygens (including phenoxy) is 3. The predicted molar refractivity (Wildman–Crippen MR) is 267 cm³/mol. The van der Waals surface area contributed by atoms with Gasteiger partial charge in [-0.3, -0.25) is 29.4 Å². The maximum absolute atomic E-state index is 14.4. The molecule has 0 bridgehead atoms. The van der Waals surface area contributed by atoms with Gasteiger partial charge in [0.15, 0.2) is 11.3 Å². The summed E-state index contributed by atoms with van der Waals surface area (Å²) in [6, 6.07) is 22.9. The number of fused-ring (bicyclic) bond motifs is 2. The molecule has 0 spiro atoms. The molecule has 4 aromatic carbocycles. The van der Waals surface area contributed by atoms with E-state index in [0.717, 1.165) is 24.3 Å². The van der Waals surface area contributed by atoms with E-state index < -0.39 is 46.5 Å². The van der Waals surface area contributed by atoms with Crippen LogP contribution >= 0.6 is 0 Å². The average molecular weight is 1020 g/mol. The highest BCUT2D eigenvalue weighted by Crippen LogP contribution is 2.34. The third-order valence-electron chi connectivity index (χ3n) is 11.7. The van der Waals surface area contributed by atoms with Crippen molar-refractivity contribution in [1.82, 2.24) is 41.0 Å². The Bertz CT molecular complexity index is 3250. The van der Waals surface area contributed by atoms with Crippen LogP contribution in [0.1, 0.15) is 75.0 Å². The highest BCUT2D eigenvalue weighted by Gasteiger charge is 2.23. The fourth-order valence-electron chi connectivity index (χ4n) is 7.92. The maximum atomic E-state index is 14.4. The number of aromatic nitrogens is 6. The van der Waals surface area contributed by atoms with E-state index in [0.29, 0.717) is 110 Å². The summed E-state index contributed by atoms with van der Waals surface area (Å²) in [7, 11) is 0. The molecule has 10 N–H and O–H groups in total. The minimum absolute atomic E-state index is 0.0571. The Morgan fingerprint density at radius 2 is 0.853 bits per heavy atom. The van der Waals surface area contributed by atoms with Crippen LogP contribution in [0.2, 0.25) is 0 Å². The van der Waals surface area contributed by atoms with Gasteiger partial charge in [-0.1, -0.05) is 36.4 Å². The molecule has 0 atom stereocenters. The van der Waals surface area contributed by atoms with Gasteiger partial charge < -0.3 is 46.5 Å². The van der Waals surface area contributed by atoms with Crippen molar-refractivity contribution in [1.29, 1.82) is 0 Å². The average Bonchev–Trinajstić information content (AvgIpc) is 4.04. The lowest BCUT2D eigenvalue weighted by Crippen LogP contribution is -2.25. The van der Waals surface area contributed by atoms with Crippen molar-refractivity contribution in [2.75, 3.05) is 52.7 Å². The van der Waals surface area contributed by atoms with Crippen molar-refractivity contribution in [2.24, 2.45) is 11.5 Å². The highest BCUT2D eigenvalue weighted by atomic mass is 19.1. The number of carbonyl (C=O) groups excluding carboxylic acids is 4. The summed E-state index contributed by atoms with van der Waals surface area (Å²) in [6.07, 6.45) is 1.11. The highest BCUT2D eigenvalue weighted by molar-refractivity contribution is 6.12. The molecular weight excluding hydrogens is 979 g/mol. The number of aromatic amines is 2. The van der Waals surface area contributed by atoms with E-state index in [1.54, 1.807) is 48.5 Å². The van der Waals surface area contributed by atoms with Crippen molar-refractivity contribution in [2.45, 2.75) is 12.8 Å². The number of nitrogens with zero attached hydrogens (tertiary/aromatic N) is 4. The number of pyridine rings is 2. The van der Waals surface area contributed by atoms with Crippen LogP contribution in [0, 0.1) is 11.6 Å². The minimum atomic E-state index is -1.42. The summed E-state index contributed by atoms with van der Waals surface area (Å²) < 4.78 is 45.6. The van der Waals surface area contributed by atoms with E-state index in [1.165, 1.54) is 24.3 Å². The number of carboxylic acids is 2. The lowest BCUT2D eigenvalue weighted by atomic mass is 10.0. The standard InChI is InChI=1S/C52H46F2N10O11/c53-37-23-31(11-13-33(37)51(69)70)39-25-35(45(55)65)41-43(61-63-47(41)59-39)27-3-7-29(8-4-27)49(67)57-15-1-17-73-19-21-75-22-20-74-18-2-16-58-50(68)30-9-5-28(6-10-30)44-42-36(46(56)66)26-40(60-48(42)64-62-44)32-12-14-34(52(71)72)38(54)24-32/h3-14,23-26H,1-2,15-22H2,(H2,55,65)(H2,56,66)(H,57,67)(H,58,68)(H,69,70)(H,71,72)(H,59,61,63)(H,60,62,64). The Kier molecular flexibility index (Phi) is 16.3. The zero-order chi connectivity index (χ0) is 53.2. The monoisotopic (exact) mass is 1020 g/mol. The second-order valence-electron chi connectivity index (χ2n) is 16.6. The number of carbonyl (C=O) groups is 6. The lowest BCUT2D eigenvalue weighted by Gasteiger charge is -2.09. The van der Waals surface area contributed by atoms with Crippen LogP contribution in [0.5, 0.6) is 0 Å². The SMILES string of the molecule is NC(=O)c1cc(-c2ccc(C(=O)O)c(F)c2)nc2n[nH]c(-c3ccc(C(=O)NCCCOCCOCCOCCCNC(=O)c4ccc(-c5[nH]nc6nc(-c7ccc(C(=O)O)c(F)c7)cc(C(N)=O)c56)cc4)cc3)c12. The normalized spacial score (nSPS) is 11.2. The van der Waals surface area contributed by atoms with E-state index in [9.17, 15) is 37.5 Å². The topological polar surface area (TPSA) is 330 Å². The van der Waals surface area contributed by atoms with Crippen molar-refractivity contribution in [3.63, 3.8) is 0 Å². The van der Waals surface area contributed by atoms with E-state index in [2.05, 4.69) is 41.0 Å². The minimum Gasteiger partial charge on any atom is -0.478 e. The number of nitrogens with two attached hydrogens (primary N) is 2. The Labute approximate surface area is 423 Å². The van der Waals surface area contributed by atoms with Crippen LogP contribution in [0.15, 0.2) is 97.1 Å². The van der Waals surface area contributed by atoms with Gasteiger partial charge in [0.2, 0.25) is 11.8 Å². The van der Waals surface area contributed by atoms with Gasteiger partial charge in [0.1, 0.15) is 11.6 Å². The summed E-state index contributed by atoms with van der Waals surface area (Å²) >= 11 is 0. The molecule has 0 fully saturated rings. The third-order valence-corrected chi connectivity index (χ3v) is 11.7. The van der Waals surface area contributed by atoms with Gasteiger partial charge in [0, 0.05) is 59.7 Å². The quantitative estimate of drug-likeness (QED) is 0.0334. The van der Waals surface area contributed by atoms with E-state index >= 15 is 0 Å². The molecule has 8 aromatic rings. The first-order chi connectivity index (χ1) is 36.2. The Morgan fingerprint density at radius 1 is 0.493 bits per heavy atom. The van der Waals surface area contributed by atoms with Gasteiger partial charge in [-0.05, 0) is 73.5 Å². The zero-order valence-corrected chi connectivity index (χ0v) is 39.6. The number of hydrogen-bond donors (Lipinski definition) is 8. The number of benzene rings is 4. The molecule has 8 rings (SSSR count). The van der Waals surface area contributed by atoms with Gasteiger partial charge in [-0.25, -0.2) is 28.3 Å². The number of hydrogen-bond acceptors (Lipinski definition) is 13. The molecule has 0 saturated heterocycles. The van der Waals surface area contributed by atoms with Crippen molar-refractivity contribution >= 4 is 57.6 Å². The second kappa shape index (κ2) is 23.5. The van der Waals surface area contributed by atoms with Gasteiger partial charge >= 0.3 is 11.9 Å². The maximum Gasteiger partial charge on any atom is 0.338 e. The third kappa shape index (κ3) is 12.1. The molecule has 0 aliphatic carbocycles. The largest absolute Gasteiger partial charge is 0.478 e. The number of nitrogens with one attached hydrogen (secondary N) is 4. The van der Waals surface area contributed by atoms with Crippen LogP contribution in [0.3, 0.4) is 0 Å². The fraction of sp³-hybridized carbons (Fsp3) is 0.192. The molecule has 0 saturated carbocycles. The molecule has 0 aliphatic rings. The molecule has 0 unspecified atom stereocenters. The molecule has 384 valence electrons. The second-order valence-corrected chi connectivity index (χ2v) is 16.6. The van der Waals surface area contributed by atoms with Gasteiger partial charge in [0.05, 0.1) is 82.2 Å². The molecule has 21 nitrogen and oxygen atoms in total. The molecule has 0 aliphatic heterocycles. The Hall–Kier alpha value is -9.32. The summed E-state index contributed by atoms with van der Waals surface area (Å²) in [5.41, 5.74) is 14.3. The zero-order valence-electron chi connectivity index (χ0n) is 39.6. The molecule has 0 radical (unpaired) electrons. The van der Waals surface area contributed by atoms with Crippen LogP contribution in [0.4, 0.5) is 8.78 Å². The van der Waals surface area contributed by atoms with Crippen molar-refractivity contribution in [3.05, 3.63) is 142 Å². The number of H-pyrrole nitrogens is 2. The number of aromatic carboxylic acids is 2. The smallest absolute Gasteiger partial charge is 0.338 e. The molecule has 4 aromatic heterocycles. The summed E-state index contributed by atoms with van der Waals surface area (Å²) in [5, 5.41) is 38.8. The van der Waals surface area contributed by atoms with Gasteiger partial charge in [0.25, 0.3) is 11.8 Å². The molecule has 75 heavy (non-hydrogen) atoms. The number of carboxylic acid groups (broad SMARTS) is 2. The first kappa shape index (κ1) is 52.0. The number of amides is 4. The van der Waals surface area contributed by atoms with Crippen LogP contribution in [-0.2, 0) is 14.2 Å². The molecular formula is C52H46F2N10O11. The van der Waals surface area contributed by atoms with Crippen LogP contribution in [-0.4, -0.2) is 129 Å². The van der Waals surface area contributed by atoms with Gasteiger partial charge in [-0.2, -0.15) is 10.2 Å². The Morgan fingerprint density at radius 3 is 1.20 bits per heavy atom. The van der Waals surface area contributed by atoms with E-state index in [-0.39, 0.29) is 56.8 Å². The van der Waals surface area contributed by atoms with Crippen molar-refractivity contribution < 1.29 is 62.0 Å². The van der Waals surface area contributed by atoms with Gasteiger partial charge in [-0.15, -0.1) is 0 Å². The molecule has 4 amide bonds. The fourth-order valence-corrected chi connectivity index (χ4v) is 7.92. The van der Waals surface area contributed by atoms with E-state index in [1.807, 2.05) is 0 Å². The molecule has 4 heterocycles. The summed E-state index contributed by atoms with van der Waals surface area (Å²) in [4.78, 5) is 82.1. The summed E-state index contributed by atoms with van der Waals surface area (Å²) in [6.45, 7) is 2.89. The number of halogens is 2. The van der Waals surface area contributed by atoms with Crippen LogP contribution < -0.4 is 22.1 Å². The number of rotatable bonds is 24. The van der Waals surface area contributed by atoms with Crippen molar-refractivity contribution in [3.8, 4) is 45.0 Å².